The SMILES string of the molecule is NC(=O)C1=C(N)N(CC2CC2)C(c2cccnc2)S1. The van der Waals surface area contributed by atoms with Crippen LogP contribution >= 0.6 is 11.8 Å². The fourth-order valence-electron chi connectivity index (χ4n) is 2.22. The molecule has 0 spiro atoms. The van der Waals surface area contributed by atoms with Gasteiger partial charge in [0.1, 0.15) is 16.1 Å². The second kappa shape index (κ2) is 4.77. The van der Waals surface area contributed by atoms with Crippen LogP contribution in [0.5, 0.6) is 0 Å². The van der Waals surface area contributed by atoms with E-state index < -0.39 is 5.91 Å². The van der Waals surface area contributed by atoms with Crippen molar-refractivity contribution >= 4 is 17.7 Å². The zero-order valence-corrected chi connectivity index (χ0v) is 11.3. The van der Waals surface area contributed by atoms with E-state index in [4.69, 9.17) is 11.5 Å². The van der Waals surface area contributed by atoms with E-state index in [9.17, 15) is 4.79 Å². The number of nitrogens with two attached hydrogens (primary N) is 2. The largest absolute Gasteiger partial charge is 0.384 e. The molecule has 2 aliphatic rings. The van der Waals surface area contributed by atoms with Crippen LogP contribution in [0.25, 0.3) is 0 Å². The van der Waals surface area contributed by atoms with Crippen LogP contribution in [-0.2, 0) is 4.79 Å². The summed E-state index contributed by atoms with van der Waals surface area (Å²) in [6.07, 6.45) is 6.02. The van der Waals surface area contributed by atoms with Gasteiger partial charge >= 0.3 is 0 Å². The van der Waals surface area contributed by atoms with Crippen LogP contribution in [0.3, 0.4) is 0 Å². The zero-order chi connectivity index (χ0) is 13.4. The number of carbonyl (C=O) groups excluding carboxylic acids is 1. The maximum absolute atomic E-state index is 11.5. The summed E-state index contributed by atoms with van der Waals surface area (Å²) in [5.41, 5.74) is 12.5. The van der Waals surface area contributed by atoms with Gasteiger partial charge < -0.3 is 16.4 Å². The van der Waals surface area contributed by atoms with Gasteiger partial charge in [0, 0.05) is 24.5 Å². The zero-order valence-electron chi connectivity index (χ0n) is 10.5. The van der Waals surface area contributed by atoms with Gasteiger partial charge in [-0.25, -0.2) is 0 Å². The third kappa shape index (κ3) is 2.40. The quantitative estimate of drug-likeness (QED) is 0.861. The van der Waals surface area contributed by atoms with Crippen LogP contribution < -0.4 is 11.5 Å². The number of thioether (sulfide) groups is 1. The Bertz CT molecular complexity index is 527. The van der Waals surface area contributed by atoms with Crippen molar-refractivity contribution in [2.75, 3.05) is 6.54 Å². The van der Waals surface area contributed by atoms with Crippen molar-refractivity contribution in [2.45, 2.75) is 18.2 Å². The van der Waals surface area contributed by atoms with Crippen molar-refractivity contribution in [1.82, 2.24) is 9.88 Å². The van der Waals surface area contributed by atoms with E-state index >= 15 is 0 Å². The Hall–Kier alpha value is -1.69. The first-order valence-corrected chi connectivity index (χ1v) is 7.17. The van der Waals surface area contributed by atoms with Crippen LogP contribution in [0, 0.1) is 5.92 Å². The summed E-state index contributed by atoms with van der Waals surface area (Å²) in [6, 6.07) is 3.89. The molecular weight excluding hydrogens is 260 g/mol. The van der Waals surface area contributed by atoms with Crippen LogP contribution in [0.15, 0.2) is 35.3 Å². The molecule has 5 nitrogen and oxygen atoms in total. The van der Waals surface area contributed by atoms with Crippen LogP contribution in [-0.4, -0.2) is 22.3 Å². The molecule has 1 atom stereocenters. The molecule has 1 aliphatic carbocycles. The Kier molecular flexibility index (Phi) is 3.10. The summed E-state index contributed by atoms with van der Waals surface area (Å²) < 4.78 is 0. The number of rotatable bonds is 4. The number of nitrogens with zero attached hydrogens (tertiary/aromatic N) is 2. The third-order valence-electron chi connectivity index (χ3n) is 3.40. The van der Waals surface area contributed by atoms with Gasteiger partial charge in [0.2, 0.25) is 0 Å². The molecule has 0 aromatic carbocycles. The Balaban J connectivity index is 1.89. The maximum atomic E-state index is 11.5. The van der Waals surface area contributed by atoms with Crippen molar-refractivity contribution < 1.29 is 4.79 Å². The normalized spacial score (nSPS) is 22.9. The lowest BCUT2D eigenvalue weighted by molar-refractivity contribution is -0.114. The van der Waals surface area contributed by atoms with Crippen molar-refractivity contribution in [3.63, 3.8) is 0 Å². The second-order valence-electron chi connectivity index (χ2n) is 4.93. The predicted octanol–water partition coefficient (Wildman–Crippen LogP) is 1.15. The number of primary amides is 1. The highest BCUT2D eigenvalue weighted by Crippen LogP contribution is 2.47. The van der Waals surface area contributed by atoms with E-state index in [2.05, 4.69) is 9.88 Å². The molecule has 1 fully saturated rings. The van der Waals surface area contributed by atoms with Gasteiger partial charge in [-0.15, -0.1) is 0 Å². The Morgan fingerprint density at radius 2 is 2.32 bits per heavy atom. The minimum atomic E-state index is -0.449. The number of pyridine rings is 1. The molecule has 1 saturated carbocycles. The molecule has 19 heavy (non-hydrogen) atoms. The summed E-state index contributed by atoms with van der Waals surface area (Å²) in [4.78, 5) is 18.1. The minimum Gasteiger partial charge on any atom is -0.384 e. The Morgan fingerprint density at radius 1 is 1.53 bits per heavy atom. The first-order chi connectivity index (χ1) is 9.16. The number of aromatic nitrogens is 1. The number of hydrogen-bond donors (Lipinski definition) is 2. The molecule has 0 bridgehead atoms. The number of amides is 1. The van der Waals surface area contributed by atoms with Gasteiger partial charge in [-0.2, -0.15) is 0 Å². The molecule has 1 unspecified atom stereocenters. The minimum absolute atomic E-state index is 0.0109. The van der Waals surface area contributed by atoms with Crippen LogP contribution in [0.1, 0.15) is 23.8 Å². The van der Waals surface area contributed by atoms with Gasteiger partial charge in [0.15, 0.2) is 0 Å². The van der Waals surface area contributed by atoms with E-state index in [1.54, 1.807) is 6.20 Å². The van der Waals surface area contributed by atoms with Crippen molar-refractivity contribution in [2.24, 2.45) is 17.4 Å². The molecule has 1 aliphatic heterocycles. The fraction of sp³-hybridized carbons (Fsp3) is 0.385. The van der Waals surface area contributed by atoms with Gasteiger partial charge in [0.25, 0.3) is 5.91 Å². The molecule has 1 aromatic heterocycles. The molecular formula is C13H16N4OS. The Labute approximate surface area is 116 Å². The summed E-state index contributed by atoms with van der Waals surface area (Å²) >= 11 is 1.42. The van der Waals surface area contributed by atoms with Gasteiger partial charge in [0.05, 0.1) is 0 Å². The molecule has 0 saturated heterocycles. The lowest BCUT2D eigenvalue weighted by Gasteiger charge is -2.27. The Morgan fingerprint density at radius 3 is 2.89 bits per heavy atom. The van der Waals surface area contributed by atoms with E-state index in [1.807, 2.05) is 18.3 Å². The molecule has 6 heteroatoms. The van der Waals surface area contributed by atoms with Crippen LogP contribution in [0.4, 0.5) is 0 Å². The highest BCUT2D eigenvalue weighted by Gasteiger charge is 2.37. The predicted molar refractivity (Wildman–Crippen MR) is 74.4 cm³/mol. The average molecular weight is 276 g/mol. The molecule has 4 N–H and O–H groups in total. The average Bonchev–Trinajstić information content (AvgIpc) is 3.16. The van der Waals surface area contributed by atoms with Gasteiger partial charge in [-0.3, -0.25) is 9.78 Å². The lowest BCUT2D eigenvalue weighted by Crippen LogP contribution is -2.29. The van der Waals surface area contributed by atoms with E-state index in [1.165, 1.54) is 24.6 Å². The third-order valence-corrected chi connectivity index (χ3v) is 4.80. The van der Waals surface area contributed by atoms with Crippen molar-refractivity contribution in [3.05, 3.63) is 40.8 Å². The lowest BCUT2D eigenvalue weighted by atomic mass is 10.2. The molecule has 2 heterocycles. The number of hydrogen-bond acceptors (Lipinski definition) is 5. The van der Waals surface area contributed by atoms with Gasteiger partial charge in [-0.1, -0.05) is 17.8 Å². The highest BCUT2D eigenvalue weighted by atomic mass is 32.2. The molecule has 0 radical (unpaired) electrons. The monoisotopic (exact) mass is 276 g/mol. The summed E-state index contributed by atoms with van der Waals surface area (Å²) in [7, 11) is 0. The van der Waals surface area contributed by atoms with Crippen molar-refractivity contribution in [1.29, 1.82) is 0 Å². The van der Waals surface area contributed by atoms with E-state index in [0.717, 1.165) is 12.1 Å². The molecule has 1 aromatic rings. The summed E-state index contributed by atoms with van der Waals surface area (Å²) in [5, 5.41) is 0.0109. The van der Waals surface area contributed by atoms with Gasteiger partial charge in [-0.05, 0) is 24.8 Å². The van der Waals surface area contributed by atoms with E-state index in [-0.39, 0.29) is 5.37 Å². The highest BCUT2D eigenvalue weighted by molar-refractivity contribution is 8.04. The summed E-state index contributed by atoms with van der Waals surface area (Å²) in [6.45, 7) is 0.884. The number of carbonyl (C=O) groups is 1. The standard InChI is InChI=1S/C13H16N4OS/c14-11-10(12(15)18)19-13(9-2-1-5-16-6-9)17(11)7-8-3-4-8/h1-2,5-6,8,13H,3-4,7,14H2,(H2,15,18). The summed E-state index contributed by atoms with van der Waals surface area (Å²) in [5.74, 6) is 0.749. The van der Waals surface area contributed by atoms with Crippen LogP contribution in [0.2, 0.25) is 0 Å². The molecule has 1 amide bonds. The maximum Gasteiger partial charge on any atom is 0.258 e. The molecule has 3 rings (SSSR count). The first-order valence-electron chi connectivity index (χ1n) is 6.29. The van der Waals surface area contributed by atoms with E-state index in [0.29, 0.717) is 16.6 Å². The topological polar surface area (TPSA) is 85.2 Å². The smallest absolute Gasteiger partial charge is 0.258 e. The fourth-order valence-corrected chi connectivity index (χ4v) is 3.40. The molecule has 100 valence electrons. The second-order valence-corrected chi connectivity index (χ2v) is 6.02. The first kappa shape index (κ1) is 12.3. The van der Waals surface area contributed by atoms with Crippen molar-refractivity contribution in [3.8, 4) is 0 Å².